The van der Waals surface area contributed by atoms with Crippen molar-refractivity contribution in [3.8, 4) is 5.75 Å². The minimum absolute atomic E-state index is 0.0241. The number of hydrogen-bond donors (Lipinski definition) is 2. The first kappa shape index (κ1) is 22.3. The Hall–Kier alpha value is -2.91. The molecule has 1 amide bonds. The van der Waals surface area contributed by atoms with Crippen LogP contribution in [0.2, 0.25) is 10.0 Å². The van der Waals surface area contributed by atoms with Crippen LogP contribution in [0.4, 0.5) is 24.7 Å². The van der Waals surface area contributed by atoms with Gasteiger partial charge in [-0.15, -0.1) is 0 Å². The molecule has 6 nitrogen and oxygen atoms in total. The van der Waals surface area contributed by atoms with Gasteiger partial charge in [0.2, 0.25) is 0 Å². The summed E-state index contributed by atoms with van der Waals surface area (Å²) in [5, 5.41) is 10.1. The summed E-state index contributed by atoms with van der Waals surface area (Å²) in [5.74, 6) is -0.141. The van der Waals surface area contributed by atoms with Crippen molar-refractivity contribution in [3.05, 3.63) is 69.8 Å². The third-order valence-electron chi connectivity index (χ3n) is 5.16. The Morgan fingerprint density at radius 2 is 2.00 bits per heavy atom. The number of alkyl halides is 3. The fourth-order valence-electron chi connectivity index (χ4n) is 3.58. The zero-order valence-electron chi connectivity index (χ0n) is 16.6. The van der Waals surface area contributed by atoms with Gasteiger partial charge in [-0.1, -0.05) is 35.3 Å². The van der Waals surface area contributed by atoms with Crippen molar-refractivity contribution in [2.45, 2.75) is 24.7 Å². The van der Waals surface area contributed by atoms with Crippen LogP contribution in [-0.2, 0) is 0 Å². The number of anilines is 2. The molecule has 0 aliphatic carbocycles. The molecule has 32 heavy (non-hydrogen) atoms. The SMILES string of the molecule is COc1cccc([C@@H]2C[C@H](C(F)(F)F)n3ncc(C(=O)Nc4ccc(Cl)c(Cl)c4)c3N2)c1. The molecule has 2 heterocycles. The maximum Gasteiger partial charge on any atom is 0.410 e. The smallest absolute Gasteiger partial charge is 0.410 e. The zero-order valence-corrected chi connectivity index (χ0v) is 18.1. The minimum Gasteiger partial charge on any atom is -0.497 e. The Labute approximate surface area is 191 Å². The van der Waals surface area contributed by atoms with Crippen molar-refractivity contribution < 1.29 is 22.7 Å². The molecule has 0 spiro atoms. The van der Waals surface area contributed by atoms with Crippen molar-refractivity contribution >= 4 is 40.6 Å². The van der Waals surface area contributed by atoms with Gasteiger partial charge in [-0.05, 0) is 35.9 Å². The second-order valence-electron chi connectivity index (χ2n) is 7.20. The van der Waals surface area contributed by atoms with Gasteiger partial charge >= 0.3 is 6.18 Å². The van der Waals surface area contributed by atoms with E-state index in [2.05, 4.69) is 15.7 Å². The zero-order chi connectivity index (χ0) is 23.0. The number of nitrogens with one attached hydrogen (secondary N) is 2. The first-order chi connectivity index (χ1) is 15.2. The average molecular weight is 485 g/mol. The number of rotatable bonds is 4. The number of nitrogens with zero attached hydrogens (tertiary/aromatic N) is 2. The lowest BCUT2D eigenvalue weighted by Gasteiger charge is -2.34. The van der Waals surface area contributed by atoms with Crippen molar-refractivity contribution in [2.24, 2.45) is 0 Å². The maximum atomic E-state index is 13.9. The lowest BCUT2D eigenvalue weighted by molar-refractivity contribution is -0.173. The molecule has 0 radical (unpaired) electrons. The normalized spacial score (nSPS) is 17.9. The molecule has 0 saturated carbocycles. The van der Waals surface area contributed by atoms with Crippen LogP contribution in [0.25, 0.3) is 0 Å². The Morgan fingerprint density at radius 1 is 1.22 bits per heavy atom. The molecule has 2 N–H and O–H groups in total. The first-order valence-electron chi connectivity index (χ1n) is 9.48. The topological polar surface area (TPSA) is 68.2 Å². The number of hydrogen-bond acceptors (Lipinski definition) is 4. The van der Waals surface area contributed by atoms with Crippen molar-refractivity contribution in [1.82, 2.24) is 9.78 Å². The molecule has 0 fully saturated rings. The maximum absolute atomic E-state index is 13.9. The van der Waals surface area contributed by atoms with E-state index in [1.54, 1.807) is 24.3 Å². The van der Waals surface area contributed by atoms with Crippen molar-refractivity contribution in [2.75, 3.05) is 17.7 Å². The van der Waals surface area contributed by atoms with Crippen LogP contribution in [-0.4, -0.2) is 29.0 Å². The minimum atomic E-state index is -4.56. The van der Waals surface area contributed by atoms with E-state index in [0.29, 0.717) is 22.0 Å². The van der Waals surface area contributed by atoms with E-state index in [1.165, 1.54) is 25.3 Å². The number of carbonyl (C=O) groups excluding carboxylic acids is 1. The van der Waals surface area contributed by atoms with Crippen LogP contribution >= 0.6 is 23.2 Å². The molecule has 168 valence electrons. The third-order valence-corrected chi connectivity index (χ3v) is 5.90. The predicted molar refractivity (Wildman–Crippen MR) is 116 cm³/mol. The van der Waals surface area contributed by atoms with E-state index in [1.807, 2.05) is 0 Å². The summed E-state index contributed by atoms with van der Waals surface area (Å²) in [4.78, 5) is 12.9. The van der Waals surface area contributed by atoms with Crippen LogP contribution in [0.15, 0.2) is 48.7 Å². The summed E-state index contributed by atoms with van der Waals surface area (Å²) in [7, 11) is 1.48. The summed E-state index contributed by atoms with van der Waals surface area (Å²) < 4.78 is 47.6. The largest absolute Gasteiger partial charge is 0.497 e. The Morgan fingerprint density at radius 3 is 2.69 bits per heavy atom. The molecule has 0 unspecified atom stereocenters. The molecule has 2 atom stereocenters. The number of amides is 1. The number of methoxy groups -OCH3 is 1. The van der Waals surface area contributed by atoms with E-state index in [0.717, 1.165) is 10.9 Å². The molecular weight excluding hydrogens is 468 g/mol. The number of aromatic nitrogens is 2. The molecule has 0 bridgehead atoms. The van der Waals surface area contributed by atoms with E-state index in [-0.39, 0.29) is 22.8 Å². The van der Waals surface area contributed by atoms with Gasteiger partial charge in [-0.25, -0.2) is 4.68 Å². The molecular formula is C21H17Cl2F3N4O2. The lowest BCUT2D eigenvalue weighted by Crippen LogP contribution is -2.36. The second kappa shape index (κ2) is 8.55. The molecule has 4 rings (SSSR count). The summed E-state index contributed by atoms with van der Waals surface area (Å²) in [6, 6.07) is 8.64. The van der Waals surface area contributed by atoms with Gasteiger partial charge in [-0.2, -0.15) is 18.3 Å². The number of fused-ring (bicyclic) bond motifs is 1. The molecule has 2 aromatic carbocycles. The number of benzene rings is 2. The summed E-state index contributed by atoms with van der Waals surface area (Å²) in [5.41, 5.74) is 0.914. The first-order valence-corrected chi connectivity index (χ1v) is 10.2. The predicted octanol–water partition coefficient (Wildman–Crippen LogP) is 6.11. The van der Waals surface area contributed by atoms with Crippen LogP contribution in [0.1, 0.15) is 34.4 Å². The highest BCUT2D eigenvalue weighted by atomic mass is 35.5. The average Bonchev–Trinajstić information content (AvgIpc) is 3.19. The van der Waals surface area contributed by atoms with Gasteiger partial charge < -0.3 is 15.4 Å². The van der Waals surface area contributed by atoms with E-state index in [9.17, 15) is 18.0 Å². The van der Waals surface area contributed by atoms with Gasteiger partial charge in [0.1, 0.15) is 17.1 Å². The monoisotopic (exact) mass is 484 g/mol. The number of halogens is 5. The fraction of sp³-hybridized carbons (Fsp3) is 0.238. The number of ether oxygens (including phenoxy) is 1. The second-order valence-corrected chi connectivity index (χ2v) is 8.02. The molecule has 11 heteroatoms. The lowest BCUT2D eigenvalue weighted by atomic mass is 9.96. The highest BCUT2D eigenvalue weighted by Crippen LogP contribution is 2.44. The quantitative estimate of drug-likeness (QED) is 0.468. The summed E-state index contributed by atoms with van der Waals surface area (Å²) >= 11 is 11.9. The molecule has 3 aromatic rings. The van der Waals surface area contributed by atoms with Crippen molar-refractivity contribution in [3.63, 3.8) is 0 Å². The van der Waals surface area contributed by atoms with E-state index >= 15 is 0 Å². The van der Waals surface area contributed by atoms with Gasteiger partial charge in [0.25, 0.3) is 5.91 Å². The highest BCUT2D eigenvalue weighted by molar-refractivity contribution is 6.42. The molecule has 1 aliphatic rings. The third kappa shape index (κ3) is 4.35. The Balaban J connectivity index is 1.69. The van der Waals surface area contributed by atoms with Crippen LogP contribution in [0.3, 0.4) is 0 Å². The molecule has 0 saturated heterocycles. The summed E-state index contributed by atoms with van der Waals surface area (Å²) in [6.07, 6.45) is -3.74. The Kier molecular flexibility index (Phi) is 5.96. The fourth-order valence-corrected chi connectivity index (χ4v) is 3.88. The van der Waals surface area contributed by atoms with E-state index in [4.69, 9.17) is 27.9 Å². The van der Waals surface area contributed by atoms with Gasteiger partial charge in [0.05, 0.1) is 29.4 Å². The Bertz CT molecular complexity index is 1170. The molecule has 1 aliphatic heterocycles. The van der Waals surface area contributed by atoms with Crippen molar-refractivity contribution in [1.29, 1.82) is 0 Å². The summed E-state index contributed by atoms with van der Waals surface area (Å²) in [6.45, 7) is 0. The van der Waals surface area contributed by atoms with Crippen LogP contribution in [0, 0.1) is 0 Å². The number of carbonyl (C=O) groups is 1. The van der Waals surface area contributed by atoms with Gasteiger partial charge in [-0.3, -0.25) is 4.79 Å². The highest BCUT2D eigenvalue weighted by Gasteiger charge is 2.47. The van der Waals surface area contributed by atoms with Crippen LogP contribution < -0.4 is 15.4 Å². The van der Waals surface area contributed by atoms with Gasteiger partial charge in [0.15, 0.2) is 6.04 Å². The van der Waals surface area contributed by atoms with Crippen LogP contribution in [0.5, 0.6) is 5.75 Å². The molecule has 1 aromatic heterocycles. The van der Waals surface area contributed by atoms with E-state index < -0.39 is 24.2 Å². The van der Waals surface area contributed by atoms with Gasteiger partial charge in [0, 0.05) is 12.1 Å². The standard InChI is InChI=1S/C21H17Cl2F3N4O2/c1-32-13-4-2-3-11(7-13)17-9-18(21(24,25)26)30-19(29-17)14(10-27-30)20(31)28-12-5-6-15(22)16(23)8-12/h2-8,10,17-18,29H,9H2,1H3,(H,28,31)/t17-,18+/m0/s1.